The fourth-order valence-corrected chi connectivity index (χ4v) is 2.04. The number of aromatic nitrogens is 1. The van der Waals surface area contributed by atoms with E-state index in [2.05, 4.69) is 15.0 Å². The van der Waals surface area contributed by atoms with Gasteiger partial charge in [-0.25, -0.2) is 9.78 Å². The van der Waals surface area contributed by atoms with Crippen LogP contribution in [0.5, 0.6) is 5.75 Å². The first-order valence-corrected chi connectivity index (χ1v) is 6.18. The first-order chi connectivity index (χ1) is 8.70. The molecule has 6 heteroatoms. The predicted octanol–water partition coefficient (Wildman–Crippen LogP) is 1.65. The third kappa shape index (κ3) is 3.11. The van der Waals surface area contributed by atoms with Gasteiger partial charge in [0, 0.05) is 6.04 Å². The predicted molar refractivity (Wildman–Crippen MR) is 67.1 cm³/mol. The van der Waals surface area contributed by atoms with Crippen molar-refractivity contribution in [2.24, 2.45) is 0 Å². The van der Waals surface area contributed by atoms with E-state index in [0.717, 1.165) is 13.0 Å². The molecule has 1 saturated heterocycles. The summed E-state index contributed by atoms with van der Waals surface area (Å²) in [6, 6.07) is 1.91. The van der Waals surface area contributed by atoms with Gasteiger partial charge in [-0.05, 0) is 25.5 Å². The second kappa shape index (κ2) is 6.02. The normalized spacial score (nSPS) is 18.7. The maximum Gasteiger partial charge on any atom is 0.341 e. The number of halogens is 1. The van der Waals surface area contributed by atoms with Crippen molar-refractivity contribution in [1.29, 1.82) is 0 Å². The Hall–Kier alpha value is -1.33. The first-order valence-electron chi connectivity index (χ1n) is 5.80. The summed E-state index contributed by atoms with van der Waals surface area (Å²) in [4.78, 5) is 15.3. The van der Waals surface area contributed by atoms with E-state index in [1.807, 2.05) is 0 Å². The number of methoxy groups -OCH3 is 1. The van der Waals surface area contributed by atoms with Gasteiger partial charge in [0.25, 0.3) is 0 Å². The smallest absolute Gasteiger partial charge is 0.341 e. The van der Waals surface area contributed by atoms with Gasteiger partial charge in [-0.1, -0.05) is 11.6 Å². The number of hydrogen-bond donors (Lipinski definition) is 1. The molecule has 0 aromatic carbocycles. The largest absolute Gasteiger partial charge is 0.490 e. The molecule has 1 aromatic rings. The summed E-state index contributed by atoms with van der Waals surface area (Å²) < 4.78 is 10.2. The van der Waals surface area contributed by atoms with Crippen molar-refractivity contribution in [2.45, 2.75) is 18.9 Å². The molecule has 1 N–H and O–H groups in total. The van der Waals surface area contributed by atoms with Crippen LogP contribution in [0.1, 0.15) is 23.2 Å². The molecule has 0 spiro atoms. The SMILES string of the molecule is COC(=O)c1cc(OC[C@@H]2CCCN2)cnc1Cl. The van der Waals surface area contributed by atoms with E-state index in [1.54, 1.807) is 6.07 Å². The van der Waals surface area contributed by atoms with Crippen molar-refractivity contribution in [3.8, 4) is 5.75 Å². The monoisotopic (exact) mass is 270 g/mol. The minimum atomic E-state index is -0.517. The quantitative estimate of drug-likeness (QED) is 0.666. The Morgan fingerprint density at radius 1 is 1.67 bits per heavy atom. The average Bonchev–Trinajstić information content (AvgIpc) is 2.90. The second-order valence-electron chi connectivity index (χ2n) is 4.11. The average molecular weight is 271 g/mol. The molecule has 98 valence electrons. The Morgan fingerprint density at radius 2 is 2.50 bits per heavy atom. The fourth-order valence-electron chi connectivity index (χ4n) is 1.86. The van der Waals surface area contributed by atoms with Crippen LogP contribution < -0.4 is 10.1 Å². The number of pyridine rings is 1. The van der Waals surface area contributed by atoms with Crippen LogP contribution in [-0.2, 0) is 4.74 Å². The lowest BCUT2D eigenvalue weighted by Gasteiger charge is -2.12. The highest BCUT2D eigenvalue weighted by atomic mass is 35.5. The zero-order valence-electron chi connectivity index (χ0n) is 10.1. The van der Waals surface area contributed by atoms with Gasteiger partial charge in [-0.2, -0.15) is 0 Å². The summed E-state index contributed by atoms with van der Waals surface area (Å²) >= 11 is 5.82. The van der Waals surface area contributed by atoms with Gasteiger partial charge in [-0.15, -0.1) is 0 Å². The molecule has 0 aliphatic carbocycles. The van der Waals surface area contributed by atoms with E-state index in [0.29, 0.717) is 18.4 Å². The van der Waals surface area contributed by atoms with Gasteiger partial charge >= 0.3 is 5.97 Å². The van der Waals surface area contributed by atoms with Crippen LogP contribution in [0.3, 0.4) is 0 Å². The topological polar surface area (TPSA) is 60.5 Å². The Kier molecular flexibility index (Phi) is 4.38. The zero-order valence-corrected chi connectivity index (χ0v) is 10.9. The van der Waals surface area contributed by atoms with E-state index in [9.17, 15) is 4.79 Å². The molecule has 1 fully saturated rings. The number of carbonyl (C=O) groups is 1. The Bertz CT molecular complexity index is 433. The molecular weight excluding hydrogens is 256 g/mol. The van der Waals surface area contributed by atoms with E-state index < -0.39 is 5.97 Å². The number of carbonyl (C=O) groups excluding carboxylic acids is 1. The highest BCUT2D eigenvalue weighted by molar-refractivity contribution is 6.32. The molecule has 0 radical (unpaired) electrons. The van der Waals surface area contributed by atoms with Gasteiger partial charge in [0.2, 0.25) is 0 Å². The minimum absolute atomic E-state index is 0.119. The molecule has 1 aromatic heterocycles. The maximum atomic E-state index is 11.4. The third-order valence-corrected chi connectivity index (χ3v) is 3.13. The van der Waals surface area contributed by atoms with Crippen molar-refractivity contribution in [2.75, 3.05) is 20.3 Å². The summed E-state index contributed by atoms with van der Waals surface area (Å²) in [5.41, 5.74) is 0.219. The summed E-state index contributed by atoms with van der Waals surface area (Å²) in [5.74, 6) is 0.00504. The van der Waals surface area contributed by atoms with Crippen LogP contribution in [0.4, 0.5) is 0 Å². The van der Waals surface area contributed by atoms with Crippen LogP contribution in [0.25, 0.3) is 0 Å². The number of rotatable bonds is 4. The number of hydrogen-bond acceptors (Lipinski definition) is 5. The third-order valence-electron chi connectivity index (χ3n) is 2.83. The minimum Gasteiger partial charge on any atom is -0.490 e. The van der Waals surface area contributed by atoms with Gasteiger partial charge in [0.15, 0.2) is 0 Å². The van der Waals surface area contributed by atoms with Gasteiger partial charge in [0.05, 0.1) is 13.3 Å². The highest BCUT2D eigenvalue weighted by Crippen LogP contribution is 2.20. The van der Waals surface area contributed by atoms with E-state index in [1.165, 1.54) is 19.7 Å². The lowest BCUT2D eigenvalue weighted by atomic mass is 10.2. The van der Waals surface area contributed by atoms with Gasteiger partial charge in [-0.3, -0.25) is 0 Å². The van der Waals surface area contributed by atoms with E-state index in [4.69, 9.17) is 16.3 Å². The van der Waals surface area contributed by atoms with Gasteiger partial charge < -0.3 is 14.8 Å². The Balaban J connectivity index is 2.02. The highest BCUT2D eigenvalue weighted by Gasteiger charge is 2.16. The standard InChI is InChI=1S/C12H15ClN2O3/c1-17-12(16)10-5-9(6-15-11(10)13)18-7-8-3-2-4-14-8/h5-6,8,14H,2-4,7H2,1H3/t8-/m0/s1. The lowest BCUT2D eigenvalue weighted by Crippen LogP contribution is -2.28. The number of ether oxygens (including phenoxy) is 2. The summed E-state index contributed by atoms with van der Waals surface area (Å²) in [5, 5.41) is 3.44. The van der Waals surface area contributed by atoms with E-state index >= 15 is 0 Å². The van der Waals surface area contributed by atoms with Crippen molar-refractivity contribution in [1.82, 2.24) is 10.3 Å². The number of esters is 1. The molecule has 0 bridgehead atoms. The molecule has 1 aliphatic heterocycles. The maximum absolute atomic E-state index is 11.4. The molecule has 0 unspecified atom stereocenters. The summed E-state index contributed by atoms with van der Waals surface area (Å²) in [6.07, 6.45) is 3.77. The molecule has 0 amide bonds. The molecule has 18 heavy (non-hydrogen) atoms. The van der Waals surface area contributed by atoms with Crippen LogP contribution >= 0.6 is 11.6 Å². The lowest BCUT2D eigenvalue weighted by molar-refractivity contribution is 0.0600. The molecule has 1 atom stereocenters. The van der Waals surface area contributed by atoms with E-state index in [-0.39, 0.29) is 10.7 Å². The van der Waals surface area contributed by atoms with Crippen LogP contribution in [0.15, 0.2) is 12.3 Å². The summed E-state index contributed by atoms with van der Waals surface area (Å²) in [7, 11) is 1.30. The van der Waals surface area contributed by atoms with Crippen LogP contribution in [0, 0.1) is 0 Å². The molecule has 1 aliphatic rings. The number of nitrogens with zero attached hydrogens (tertiary/aromatic N) is 1. The molecule has 0 saturated carbocycles. The first kappa shape index (κ1) is 13.1. The molecule has 2 heterocycles. The van der Waals surface area contributed by atoms with Crippen molar-refractivity contribution < 1.29 is 14.3 Å². The molecule has 2 rings (SSSR count). The second-order valence-corrected chi connectivity index (χ2v) is 4.46. The van der Waals surface area contributed by atoms with Crippen LogP contribution in [0.2, 0.25) is 5.15 Å². The fraction of sp³-hybridized carbons (Fsp3) is 0.500. The zero-order chi connectivity index (χ0) is 13.0. The molecular formula is C12H15ClN2O3. The Morgan fingerprint density at radius 3 is 3.17 bits per heavy atom. The van der Waals surface area contributed by atoms with Crippen molar-refractivity contribution in [3.63, 3.8) is 0 Å². The van der Waals surface area contributed by atoms with Crippen molar-refractivity contribution in [3.05, 3.63) is 23.0 Å². The van der Waals surface area contributed by atoms with Crippen LogP contribution in [-0.4, -0.2) is 37.3 Å². The molecule has 5 nitrogen and oxygen atoms in total. The van der Waals surface area contributed by atoms with Gasteiger partial charge in [0.1, 0.15) is 23.1 Å². The Labute approximate surface area is 110 Å². The van der Waals surface area contributed by atoms with Crippen molar-refractivity contribution >= 4 is 17.6 Å². The summed E-state index contributed by atoms with van der Waals surface area (Å²) in [6.45, 7) is 1.59. The number of nitrogens with one attached hydrogen (secondary N) is 1.